The van der Waals surface area contributed by atoms with Crippen molar-refractivity contribution < 1.29 is 4.74 Å². The predicted molar refractivity (Wildman–Crippen MR) is 130 cm³/mol. The maximum atomic E-state index is 5.50. The van der Waals surface area contributed by atoms with Crippen molar-refractivity contribution in [1.82, 2.24) is 30.2 Å². The van der Waals surface area contributed by atoms with Crippen molar-refractivity contribution in [2.24, 2.45) is 5.92 Å². The van der Waals surface area contributed by atoms with Crippen LogP contribution < -0.4 is 15.5 Å². The molecule has 2 N–H and O–H groups in total. The van der Waals surface area contributed by atoms with Crippen molar-refractivity contribution in [1.29, 1.82) is 0 Å². The van der Waals surface area contributed by atoms with E-state index in [4.69, 9.17) is 21.9 Å². The monoisotopic (exact) mass is 474 g/mol. The van der Waals surface area contributed by atoms with E-state index in [0.717, 1.165) is 63.3 Å². The second kappa shape index (κ2) is 11.7. The van der Waals surface area contributed by atoms with E-state index >= 15 is 0 Å². The molecule has 11 heteroatoms. The summed E-state index contributed by atoms with van der Waals surface area (Å²) in [5, 5.41) is 8.40. The molecule has 2 aromatic rings. The molecular weight excluding hydrogens is 444 g/mol. The fourth-order valence-corrected chi connectivity index (χ4v) is 4.71. The van der Waals surface area contributed by atoms with Crippen LogP contribution >= 0.6 is 24.0 Å². The lowest BCUT2D eigenvalue weighted by atomic mass is 10.0. The Labute approximate surface area is 198 Å². The molecule has 2 fully saturated rings. The van der Waals surface area contributed by atoms with Crippen LogP contribution in [0.25, 0.3) is 0 Å². The average molecular weight is 475 g/mol. The number of hydrogen-bond donors (Lipinski definition) is 2. The smallest absolute Gasteiger partial charge is 0.232 e. The third-order valence-electron chi connectivity index (χ3n) is 5.45. The highest BCUT2D eigenvalue weighted by Crippen LogP contribution is 2.29. The maximum Gasteiger partial charge on any atom is 0.232 e. The summed E-state index contributed by atoms with van der Waals surface area (Å²) in [7, 11) is 0. The van der Waals surface area contributed by atoms with Gasteiger partial charge >= 0.3 is 0 Å². The van der Waals surface area contributed by atoms with Crippen LogP contribution in [0.4, 0.5) is 11.8 Å². The fraction of sp³-hybridized carbons (Fsp3) is 0.571. The predicted octanol–water partition coefficient (Wildman–Crippen LogP) is 2.27. The van der Waals surface area contributed by atoms with E-state index in [1.54, 1.807) is 18.5 Å². The first kappa shape index (κ1) is 23.1. The Morgan fingerprint density at radius 1 is 1.22 bits per heavy atom. The number of rotatable bonds is 7. The molecule has 0 spiro atoms. The lowest BCUT2D eigenvalue weighted by Crippen LogP contribution is -2.42. The van der Waals surface area contributed by atoms with Crippen molar-refractivity contribution in [2.45, 2.75) is 29.9 Å². The summed E-state index contributed by atoms with van der Waals surface area (Å²) >= 11 is 6.93. The molecule has 2 aromatic heterocycles. The SMILES string of the molecule is C[C@@H]1CCCN(c2cc(Sc3ncccn3)nc(NC(=S)NCCN3CCOCC3)n2)C1. The van der Waals surface area contributed by atoms with Crippen molar-refractivity contribution in [3.05, 3.63) is 24.5 Å². The summed E-state index contributed by atoms with van der Waals surface area (Å²) < 4.78 is 5.40. The zero-order chi connectivity index (χ0) is 22.2. The zero-order valence-electron chi connectivity index (χ0n) is 18.4. The van der Waals surface area contributed by atoms with E-state index in [1.165, 1.54) is 24.6 Å². The molecule has 9 nitrogen and oxygen atoms in total. The summed E-state index contributed by atoms with van der Waals surface area (Å²) in [6.07, 6.45) is 5.88. The Bertz CT molecular complexity index is 881. The van der Waals surface area contributed by atoms with Crippen molar-refractivity contribution in [3.63, 3.8) is 0 Å². The molecule has 0 bridgehead atoms. The molecule has 0 aliphatic carbocycles. The molecule has 2 aliphatic rings. The minimum absolute atomic E-state index is 0.489. The molecule has 0 saturated carbocycles. The normalized spacial score (nSPS) is 19.5. The lowest BCUT2D eigenvalue weighted by Gasteiger charge is -2.32. The fourth-order valence-electron chi connectivity index (χ4n) is 3.81. The topological polar surface area (TPSA) is 91.3 Å². The number of ether oxygens (including phenoxy) is 1. The number of thiocarbonyl (C=S) groups is 1. The van der Waals surface area contributed by atoms with Gasteiger partial charge in [0.2, 0.25) is 5.95 Å². The number of hydrogen-bond acceptors (Lipinski definition) is 9. The van der Waals surface area contributed by atoms with E-state index < -0.39 is 0 Å². The summed E-state index contributed by atoms with van der Waals surface area (Å²) in [4.78, 5) is 22.7. The number of piperidine rings is 1. The molecule has 2 aliphatic heterocycles. The molecule has 4 rings (SSSR count). The molecule has 2 saturated heterocycles. The van der Waals surface area contributed by atoms with Crippen LogP contribution in [0, 0.1) is 5.92 Å². The van der Waals surface area contributed by atoms with E-state index in [9.17, 15) is 0 Å². The standard InChI is InChI=1S/C21H30N8OS2/c1-16-4-2-8-29(15-16)17-14-18(32-21-23-5-3-6-24-21)26-19(25-17)27-20(31)22-7-9-28-10-12-30-13-11-28/h3,5-6,14,16H,2,4,7-13,15H2,1H3,(H2,22,25,26,27,31)/t16-/m1/s1. The van der Waals surface area contributed by atoms with Gasteiger partial charge in [0, 0.05) is 57.7 Å². The van der Waals surface area contributed by atoms with E-state index in [1.807, 2.05) is 6.07 Å². The van der Waals surface area contributed by atoms with Gasteiger partial charge in [-0.25, -0.2) is 15.0 Å². The van der Waals surface area contributed by atoms with Gasteiger partial charge in [-0.05, 0) is 48.8 Å². The quantitative estimate of drug-likeness (QED) is 0.352. The third-order valence-corrected chi connectivity index (χ3v) is 6.51. The molecule has 1 atom stereocenters. The number of morpholine rings is 1. The average Bonchev–Trinajstić information content (AvgIpc) is 2.80. The summed E-state index contributed by atoms with van der Waals surface area (Å²) in [6, 6.07) is 3.82. The van der Waals surface area contributed by atoms with Crippen LogP contribution in [-0.2, 0) is 4.74 Å². The molecule has 4 heterocycles. The molecular formula is C21H30N8OS2. The van der Waals surface area contributed by atoms with E-state index in [2.05, 4.69) is 42.3 Å². The number of nitrogens with one attached hydrogen (secondary N) is 2. The molecule has 0 amide bonds. The first-order chi connectivity index (χ1) is 15.7. The van der Waals surface area contributed by atoms with Gasteiger partial charge in [0.15, 0.2) is 10.3 Å². The molecule has 172 valence electrons. The summed E-state index contributed by atoms with van der Waals surface area (Å²) in [6.45, 7) is 9.47. The third kappa shape index (κ3) is 6.96. The minimum atomic E-state index is 0.489. The van der Waals surface area contributed by atoms with Gasteiger partial charge in [-0.1, -0.05) is 6.92 Å². The van der Waals surface area contributed by atoms with Crippen LogP contribution in [0.5, 0.6) is 0 Å². The Kier molecular flexibility index (Phi) is 8.43. The van der Waals surface area contributed by atoms with Crippen LogP contribution in [-0.4, -0.2) is 82.4 Å². The number of anilines is 2. The van der Waals surface area contributed by atoms with Gasteiger partial charge in [-0.15, -0.1) is 0 Å². The Morgan fingerprint density at radius 3 is 2.81 bits per heavy atom. The van der Waals surface area contributed by atoms with Gasteiger partial charge in [0.1, 0.15) is 10.8 Å². The van der Waals surface area contributed by atoms with Gasteiger partial charge < -0.3 is 20.3 Å². The van der Waals surface area contributed by atoms with Crippen LogP contribution in [0.2, 0.25) is 0 Å². The van der Waals surface area contributed by atoms with Crippen LogP contribution in [0.1, 0.15) is 19.8 Å². The largest absolute Gasteiger partial charge is 0.379 e. The van der Waals surface area contributed by atoms with Crippen molar-refractivity contribution in [3.8, 4) is 0 Å². The molecule has 0 unspecified atom stereocenters. The lowest BCUT2D eigenvalue weighted by molar-refractivity contribution is 0.0389. The zero-order valence-corrected chi connectivity index (χ0v) is 20.0. The summed E-state index contributed by atoms with van der Waals surface area (Å²) in [5.41, 5.74) is 0. The van der Waals surface area contributed by atoms with Gasteiger partial charge in [0.05, 0.1) is 13.2 Å². The Hall–Kier alpha value is -2.08. The highest BCUT2D eigenvalue weighted by atomic mass is 32.2. The van der Waals surface area contributed by atoms with Crippen molar-refractivity contribution in [2.75, 3.05) is 62.7 Å². The van der Waals surface area contributed by atoms with Crippen LogP contribution in [0.3, 0.4) is 0 Å². The van der Waals surface area contributed by atoms with E-state index in [0.29, 0.717) is 22.1 Å². The molecule has 0 radical (unpaired) electrons. The van der Waals surface area contributed by atoms with E-state index in [-0.39, 0.29) is 0 Å². The minimum Gasteiger partial charge on any atom is -0.379 e. The number of aromatic nitrogens is 4. The first-order valence-electron chi connectivity index (χ1n) is 11.1. The Balaban J connectivity index is 1.42. The van der Waals surface area contributed by atoms with Crippen molar-refractivity contribution >= 4 is 40.9 Å². The van der Waals surface area contributed by atoms with Gasteiger partial charge in [-0.2, -0.15) is 4.98 Å². The second-order valence-electron chi connectivity index (χ2n) is 8.05. The maximum absolute atomic E-state index is 5.50. The Morgan fingerprint density at radius 2 is 2.03 bits per heavy atom. The highest BCUT2D eigenvalue weighted by molar-refractivity contribution is 7.99. The highest BCUT2D eigenvalue weighted by Gasteiger charge is 2.20. The first-order valence-corrected chi connectivity index (χ1v) is 12.3. The second-order valence-corrected chi connectivity index (χ2v) is 9.45. The molecule has 32 heavy (non-hydrogen) atoms. The van der Waals surface area contributed by atoms with Gasteiger partial charge in [0.25, 0.3) is 0 Å². The van der Waals surface area contributed by atoms with Crippen LogP contribution in [0.15, 0.2) is 34.7 Å². The molecule has 0 aromatic carbocycles. The number of nitrogens with zero attached hydrogens (tertiary/aromatic N) is 6. The summed E-state index contributed by atoms with van der Waals surface area (Å²) in [5.74, 6) is 2.04. The van der Waals surface area contributed by atoms with Gasteiger partial charge in [-0.3, -0.25) is 4.90 Å².